The molecule has 0 saturated heterocycles. The van der Waals surface area contributed by atoms with Gasteiger partial charge in [-0.1, -0.05) is 61.8 Å². The number of rotatable bonds is 8. The Balaban J connectivity index is 2.33. The summed E-state index contributed by atoms with van der Waals surface area (Å²) < 4.78 is 0. The fraction of sp³-hybridized carbons (Fsp3) is 0.545. The molecule has 0 heterocycles. The molecule has 0 N–H and O–H groups in total. The maximum absolute atomic E-state index is 3.08. The molecular formula is C22H33-. The minimum atomic E-state index is 0.675. The van der Waals surface area contributed by atoms with Crippen LogP contribution in [0.25, 0.3) is 0 Å². The topological polar surface area (TPSA) is 0 Å². The zero-order valence-electron chi connectivity index (χ0n) is 15.2. The largest absolute Gasteiger partial charge is 0.504 e. The smallest absolute Gasteiger partial charge is 0.00980 e. The highest BCUT2D eigenvalue weighted by Crippen LogP contribution is 2.24. The standard InChI is InChI=1S/C22H33/c1-6-7-8-10-18(2)11-9-12-19(3)13-15-22-16-14-20(4)21(5)17-22/h7,11,13-14,16-17,20-21H,8-10,12,15H2,1-5H3/q-1/b18-11+,19-13+. The van der Waals surface area contributed by atoms with Gasteiger partial charge in [-0.15, -0.1) is 0 Å². The number of hydrogen-bond donors (Lipinski definition) is 0. The van der Waals surface area contributed by atoms with Gasteiger partial charge in [-0.25, -0.2) is 0 Å². The summed E-state index contributed by atoms with van der Waals surface area (Å²) in [5.74, 6) is 1.36. The van der Waals surface area contributed by atoms with Crippen molar-refractivity contribution in [2.45, 2.75) is 66.7 Å². The van der Waals surface area contributed by atoms with Crippen molar-refractivity contribution in [3.63, 3.8) is 0 Å². The molecule has 0 saturated carbocycles. The van der Waals surface area contributed by atoms with Crippen LogP contribution in [0.3, 0.4) is 0 Å². The molecule has 1 aliphatic carbocycles. The van der Waals surface area contributed by atoms with Gasteiger partial charge >= 0.3 is 0 Å². The SMILES string of the molecule is C[C-]=CCC/C(C)=C/CC/C(C)=C/CC1=CC(C)C(C)C=C1. The first-order chi connectivity index (χ1) is 10.5. The fourth-order valence-electron chi connectivity index (χ4n) is 2.62. The summed E-state index contributed by atoms with van der Waals surface area (Å²) in [5, 5.41) is 0. The van der Waals surface area contributed by atoms with Crippen LogP contribution in [-0.4, -0.2) is 0 Å². The first kappa shape index (κ1) is 18.7. The quantitative estimate of drug-likeness (QED) is 0.335. The average molecular weight is 298 g/mol. The summed E-state index contributed by atoms with van der Waals surface area (Å²) in [7, 11) is 0. The summed E-state index contributed by atoms with van der Waals surface area (Å²) >= 11 is 0. The van der Waals surface area contributed by atoms with E-state index in [9.17, 15) is 0 Å². The maximum atomic E-state index is 3.08. The van der Waals surface area contributed by atoms with Crippen molar-refractivity contribution in [2.75, 3.05) is 0 Å². The van der Waals surface area contributed by atoms with E-state index in [1.54, 1.807) is 0 Å². The Hall–Kier alpha value is -1.30. The lowest BCUT2D eigenvalue weighted by atomic mass is 9.87. The Morgan fingerprint density at radius 1 is 1.05 bits per heavy atom. The lowest BCUT2D eigenvalue weighted by Crippen LogP contribution is -2.06. The molecule has 1 aliphatic rings. The van der Waals surface area contributed by atoms with Crippen LogP contribution in [0.2, 0.25) is 0 Å². The van der Waals surface area contributed by atoms with Gasteiger partial charge in [0.2, 0.25) is 0 Å². The first-order valence-electron chi connectivity index (χ1n) is 8.72. The van der Waals surface area contributed by atoms with E-state index in [0.717, 1.165) is 25.7 Å². The number of allylic oxidation sites excluding steroid dienone is 10. The van der Waals surface area contributed by atoms with Crippen LogP contribution in [0, 0.1) is 17.9 Å². The molecule has 2 unspecified atom stereocenters. The minimum Gasteiger partial charge on any atom is -0.504 e. The van der Waals surface area contributed by atoms with E-state index in [-0.39, 0.29) is 0 Å². The van der Waals surface area contributed by atoms with Crippen LogP contribution in [0.5, 0.6) is 0 Å². The van der Waals surface area contributed by atoms with Crippen molar-refractivity contribution in [1.29, 1.82) is 0 Å². The first-order valence-corrected chi connectivity index (χ1v) is 8.72. The zero-order valence-corrected chi connectivity index (χ0v) is 15.2. The third kappa shape index (κ3) is 7.64. The Kier molecular flexibility index (Phi) is 8.89. The van der Waals surface area contributed by atoms with Crippen molar-refractivity contribution in [2.24, 2.45) is 11.8 Å². The number of hydrogen-bond acceptors (Lipinski definition) is 0. The van der Waals surface area contributed by atoms with Crippen molar-refractivity contribution >= 4 is 0 Å². The molecule has 0 spiro atoms. The fourth-order valence-corrected chi connectivity index (χ4v) is 2.62. The second-order valence-corrected chi connectivity index (χ2v) is 6.69. The Bertz CT molecular complexity index is 468. The molecule has 0 heteroatoms. The molecule has 0 aromatic heterocycles. The minimum absolute atomic E-state index is 0.675. The molecule has 0 aromatic rings. The van der Waals surface area contributed by atoms with Crippen LogP contribution < -0.4 is 0 Å². The molecule has 122 valence electrons. The van der Waals surface area contributed by atoms with E-state index in [4.69, 9.17) is 0 Å². The maximum Gasteiger partial charge on any atom is -0.00980 e. The molecule has 22 heavy (non-hydrogen) atoms. The second-order valence-electron chi connectivity index (χ2n) is 6.69. The Morgan fingerprint density at radius 3 is 2.41 bits per heavy atom. The molecule has 0 aromatic carbocycles. The zero-order chi connectivity index (χ0) is 16.4. The van der Waals surface area contributed by atoms with Gasteiger partial charge in [-0.2, -0.15) is 6.92 Å². The van der Waals surface area contributed by atoms with E-state index in [0.29, 0.717) is 11.8 Å². The molecular weight excluding hydrogens is 264 g/mol. The van der Waals surface area contributed by atoms with E-state index in [1.807, 2.05) is 6.92 Å². The molecule has 0 bridgehead atoms. The third-order valence-corrected chi connectivity index (χ3v) is 4.53. The van der Waals surface area contributed by atoms with E-state index >= 15 is 0 Å². The normalized spacial score (nSPS) is 23.2. The van der Waals surface area contributed by atoms with Gasteiger partial charge < -0.3 is 6.08 Å². The van der Waals surface area contributed by atoms with Gasteiger partial charge in [0.15, 0.2) is 0 Å². The van der Waals surface area contributed by atoms with Gasteiger partial charge in [-0.05, 0) is 56.9 Å². The monoisotopic (exact) mass is 297 g/mol. The summed E-state index contributed by atoms with van der Waals surface area (Å²) in [6.07, 6.45) is 22.8. The molecule has 2 atom stereocenters. The molecule has 0 nitrogen and oxygen atoms in total. The van der Waals surface area contributed by atoms with E-state index in [2.05, 4.69) is 70.2 Å². The van der Waals surface area contributed by atoms with Gasteiger partial charge in [0.05, 0.1) is 0 Å². The van der Waals surface area contributed by atoms with Gasteiger partial charge in [0.25, 0.3) is 0 Å². The predicted octanol–water partition coefficient (Wildman–Crippen LogP) is 6.98. The molecule has 0 aliphatic heterocycles. The van der Waals surface area contributed by atoms with Crippen LogP contribution in [0.4, 0.5) is 0 Å². The van der Waals surface area contributed by atoms with Crippen LogP contribution in [-0.2, 0) is 0 Å². The summed E-state index contributed by atoms with van der Waals surface area (Å²) in [6.45, 7) is 11.1. The summed E-state index contributed by atoms with van der Waals surface area (Å²) in [6, 6.07) is 0. The third-order valence-electron chi connectivity index (χ3n) is 4.53. The Morgan fingerprint density at radius 2 is 1.73 bits per heavy atom. The van der Waals surface area contributed by atoms with E-state index in [1.165, 1.54) is 23.1 Å². The highest BCUT2D eigenvalue weighted by molar-refractivity contribution is 5.27. The van der Waals surface area contributed by atoms with Gasteiger partial charge in [0, 0.05) is 0 Å². The molecule has 0 radical (unpaired) electrons. The van der Waals surface area contributed by atoms with Crippen LogP contribution in [0.1, 0.15) is 66.7 Å². The van der Waals surface area contributed by atoms with Crippen molar-refractivity contribution < 1.29 is 0 Å². The molecule has 1 rings (SSSR count). The van der Waals surface area contributed by atoms with E-state index < -0.39 is 0 Å². The molecule has 0 fully saturated rings. The highest BCUT2D eigenvalue weighted by atomic mass is 14.2. The second kappa shape index (κ2) is 10.4. The summed E-state index contributed by atoms with van der Waals surface area (Å²) in [4.78, 5) is 0. The van der Waals surface area contributed by atoms with Crippen molar-refractivity contribution in [3.8, 4) is 0 Å². The lowest BCUT2D eigenvalue weighted by Gasteiger charge is -2.18. The summed E-state index contributed by atoms with van der Waals surface area (Å²) in [5.41, 5.74) is 4.48. The van der Waals surface area contributed by atoms with Crippen molar-refractivity contribution in [1.82, 2.24) is 0 Å². The molecule has 0 amide bonds. The predicted molar refractivity (Wildman–Crippen MR) is 99.6 cm³/mol. The Labute approximate surface area is 138 Å². The average Bonchev–Trinajstić information content (AvgIpc) is 2.49. The van der Waals surface area contributed by atoms with Gasteiger partial charge in [-0.3, -0.25) is 6.08 Å². The lowest BCUT2D eigenvalue weighted by molar-refractivity contribution is 0.547. The van der Waals surface area contributed by atoms with Crippen molar-refractivity contribution in [3.05, 3.63) is 59.3 Å². The van der Waals surface area contributed by atoms with Crippen LogP contribution >= 0.6 is 0 Å². The van der Waals surface area contributed by atoms with Crippen LogP contribution in [0.15, 0.2) is 53.2 Å². The van der Waals surface area contributed by atoms with Gasteiger partial charge in [0.1, 0.15) is 0 Å². The highest BCUT2D eigenvalue weighted by Gasteiger charge is 2.10.